The number of fused-ring (bicyclic) bond motifs is 2. The molecule has 0 aliphatic heterocycles. The second kappa shape index (κ2) is 13.2. The summed E-state index contributed by atoms with van der Waals surface area (Å²) in [7, 11) is 0. The van der Waals surface area contributed by atoms with E-state index in [4.69, 9.17) is 0 Å². The van der Waals surface area contributed by atoms with E-state index >= 15 is 0 Å². The molecule has 0 saturated heterocycles. The smallest absolute Gasteiger partial charge is 0.147 e. The van der Waals surface area contributed by atoms with Gasteiger partial charge < -0.3 is 0 Å². The van der Waals surface area contributed by atoms with Crippen molar-refractivity contribution in [1.29, 1.82) is 0 Å². The molecule has 46 heavy (non-hydrogen) atoms. The topological polar surface area (TPSA) is 0 Å². The Bertz CT molecular complexity index is 1720. The normalized spacial score (nSPS) is 17.7. The van der Waals surface area contributed by atoms with E-state index in [0.29, 0.717) is 7.25 Å². The third-order valence-electron chi connectivity index (χ3n) is 9.84. The summed E-state index contributed by atoms with van der Waals surface area (Å²) in [6.07, 6.45) is 7.52. The Balaban J connectivity index is 0.00000240. The third kappa shape index (κ3) is 7.08. The summed E-state index contributed by atoms with van der Waals surface area (Å²) in [5.74, 6) is 0. The molecule has 2 aliphatic rings. The summed E-state index contributed by atoms with van der Waals surface area (Å²) in [6.45, 7) is 17.0. The molecule has 0 N–H and O–H groups in total. The maximum absolute atomic E-state index is 3.77. The Morgan fingerprint density at radius 1 is 0.522 bits per heavy atom. The summed E-state index contributed by atoms with van der Waals surface area (Å²) in [4.78, 5) is 0. The fraction of sp³-hybridized carbons (Fsp3) is 0.333. The fourth-order valence-electron chi connectivity index (χ4n) is 8.60. The van der Waals surface area contributed by atoms with Crippen LogP contribution in [0.1, 0.15) is 83.9 Å². The first-order valence-electron chi connectivity index (χ1n) is 16.5. The fourth-order valence-corrected chi connectivity index (χ4v) is 28.3. The summed E-state index contributed by atoms with van der Waals surface area (Å²) < 4.78 is 6.62. The van der Waals surface area contributed by atoms with Crippen LogP contribution in [-0.2, 0) is 17.4 Å². The molecule has 0 spiro atoms. The maximum Gasteiger partial charge on any atom is -0.147 e. The second-order valence-electron chi connectivity index (χ2n) is 17.1. The van der Waals surface area contributed by atoms with Gasteiger partial charge in [-0.15, -0.1) is 24.8 Å². The predicted molar refractivity (Wildman–Crippen MR) is 208 cm³/mol. The Hall–Kier alpha value is -1.96. The van der Waals surface area contributed by atoms with Gasteiger partial charge in [-0.05, 0) is 0 Å². The molecule has 0 fully saturated rings. The summed E-state index contributed by atoms with van der Waals surface area (Å²) in [5, 5.41) is 0. The van der Waals surface area contributed by atoms with Crippen molar-refractivity contribution in [1.82, 2.24) is 0 Å². The van der Waals surface area contributed by atoms with Crippen LogP contribution < -0.4 is 0 Å². The van der Waals surface area contributed by atoms with Crippen molar-refractivity contribution < 1.29 is 17.4 Å². The molecule has 2 atom stereocenters. The molecule has 242 valence electrons. The van der Waals surface area contributed by atoms with Gasteiger partial charge in [-0.1, -0.05) is 0 Å². The van der Waals surface area contributed by atoms with Crippen LogP contribution in [0.15, 0.2) is 108 Å². The van der Waals surface area contributed by atoms with Crippen LogP contribution in [0.25, 0.3) is 34.4 Å². The minimum atomic E-state index is -3.77. The molecular formula is C42H52Cl2SiZr. The van der Waals surface area contributed by atoms with Crippen molar-refractivity contribution in [2.24, 2.45) is 10.8 Å². The summed E-state index contributed by atoms with van der Waals surface area (Å²) in [5.41, 5.74) is 15.3. The van der Waals surface area contributed by atoms with Crippen LogP contribution in [0.2, 0.25) is 9.26 Å². The van der Waals surface area contributed by atoms with Crippen LogP contribution in [-0.4, -0.2) is 6.88 Å². The number of allylic oxidation sites excluding steroid dienone is 2. The Morgan fingerprint density at radius 2 is 0.870 bits per heavy atom. The van der Waals surface area contributed by atoms with Crippen LogP contribution in [0.3, 0.4) is 0 Å². The minimum absolute atomic E-state index is 0. The van der Waals surface area contributed by atoms with Gasteiger partial charge in [0.2, 0.25) is 0 Å². The first-order valence-corrected chi connectivity index (χ1v) is 30.1. The number of hydrogen-bond donors (Lipinski definition) is 0. The molecular weight excluding hydrogens is 695 g/mol. The van der Waals surface area contributed by atoms with E-state index in [-0.39, 0.29) is 35.6 Å². The van der Waals surface area contributed by atoms with E-state index in [0.717, 1.165) is 12.8 Å². The molecule has 6 rings (SSSR count). The van der Waals surface area contributed by atoms with Gasteiger partial charge in [0, 0.05) is 0 Å². The first kappa shape index (κ1) is 36.9. The zero-order chi connectivity index (χ0) is 31.5. The van der Waals surface area contributed by atoms with E-state index in [1.54, 1.807) is 22.3 Å². The number of halogens is 2. The zero-order valence-electron chi connectivity index (χ0n) is 29.0. The van der Waals surface area contributed by atoms with Crippen LogP contribution in [0.4, 0.5) is 0 Å². The van der Waals surface area contributed by atoms with Crippen molar-refractivity contribution in [3.8, 4) is 22.3 Å². The zero-order valence-corrected chi connectivity index (χ0v) is 34.5. The molecule has 0 aromatic heterocycles. The molecule has 2 aliphatic carbocycles. The molecule has 0 radical (unpaired) electrons. The standard InChI is InChI=1S/2C20H21.2CH3.2ClH.H2Si.Zr/c2*1-20(2,3)14-15-12-17-10-7-11-18(19(17)13-15)16-8-5-4-6-9-16;;;;;;/h2*4-13H,14H2,1-3H3;2*1H3;2*1H;1H2;. The summed E-state index contributed by atoms with van der Waals surface area (Å²) >= 11 is -3.77. The quantitative estimate of drug-likeness (QED) is 0.172. The Kier molecular flexibility index (Phi) is 10.5. The minimum Gasteiger partial charge on any atom is -0.147 e. The largest absolute Gasteiger partial charge is 0.147 e. The van der Waals surface area contributed by atoms with E-state index in [1.165, 1.54) is 33.4 Å². The van der Waals surface area contributed by atoms with Gasteiger partial charge in [0.25, 0.3) is 0 Å². The Labute approximate surface area is 293 Å². The van der Waals surface area contributed by atoms with E-state index in [1.807, 2.05) is 0 Å². The Morgan fingerprint density at radius 3 is 1.20 bits per heavy atom. The van der Waals surface area contributed by atoms with Gasteiger partial charge in [-0.25, -0.2) is 0 Å². The van der Waals surface area contributed by atoms with Crippen molar-refractivity contribution in [2.45, 2.75) is 70.9 Å². The summed E-state index contributed by atoms with van der Waals surface area (Å²) in [6, 6.07) is 36.4. The maximum atomic E-state index is 2.80. The van der Waals surface area contributed by atoms with Gasteiger partial charge in [0.15, 0.2) is 0 Å². The first-order chi connectivity index (χ1) is 20.6. The van der Waals surface area contributed by atoms with Crippen molar-refractivity contribution in [3.05, 3.63) is 130 Å². The van der Waals surface area contributed by atoms with Crippen molar-refractivity contribution in [2.75, 3.05) is 0 Å². The van der Waals surface area contributed by atoms with Gasteiger partial charge in [-0.3, -0.25) is 0 Å². The molecule has 4 aromatic rings. The second-order valence-corrected chi connectivity index (χ2v) is 47.5. The van der Waals surface area contributed by atoms with Crippen LogP contribution >= 0.6 is 24.8 Å². The average Bonchev–Trinajstić information content (AvgIpc) is 3.50. The number of hydrogen-bond acceptors (Lipinski definition) is 0. The van der Waals surface area contributed by atoms with E-state index < -0.39 is 17.4 Å². The average molecular weight is 747 g/mol. The van der Waals surface area contributed by atoms with Gasteiger partial charge in [-0.2, -0.15) is 0 Å². The SMILES string of the molecule is CC(C)(C)CC1=Cc2c(-c3ccccc3)cccc2[CH]1[Zr]([CH3])([CH3])(=[SiH2])[CH]1C(CC(C)(C)C)=Cc2c(-c3ccccc3)cccc21.Cl.Cl. The molecule has 0 amide bonds. The van der Waals surface area contributed by atoms with Gasteiger partial charge in [0.1, 0.15) is 0 Å². The van der Waals surface area contributed by atoms with Crippen molar-refractivity contribution in [3.63, 3.8) is 0 Å². The van der Waals surface area contributed by atoms with Crippen LogP contribution in [0.5, 0.6) is 0 Å². The van der Waals surface area contributed by atoms with Gasteiger partial charge in [0.05, 0.1) is 0 Å². The van der Waals surface area contributed by atoms with Crippen LogP contribution in [0, 0.1) is 10.8 Å². The number of rotatable bonds is 6. The molecule has 4 aromatic carbocycles. The monoisotopic (exact) mass is 744 g/mol. The molecule has 4 heteroatoms. The molecule has 0 nitrogen and oxygen atoms in total. The van der Waals surface area contributed by atoms with Crippen molar-refractivity contribution >= 4 is 43.8 Å². The number of benzene rings is 4. The molecule has 2 unspecified atom stereocenters. The predicted octanol–water partition coefficient (Wildman–Crippen LogP) is 12.6. The molecule has 0 saturated carbocycles. The van der Waals surface area contributed by atoms with Gasteiger partial charge >= 0.3 is 271 Å². The third-order valence-corrected chi connectivity index (χ3v) is 27.3. The molecule has 0 bridgehead atoms. The molecule has 0 heterocycles. The van der Waals surface area contributed by atoms with E-state index in [9.17, 15) is 0 Å². The van der Waals surface area contributed by atoms with E-state index in [2.05, 4.69) is 167 Å².